The summed E-state index contributed by atoms with van der Waals surface area (Å²) in [6.45, 7) is 25.8. The first-order valence-electron chi connectivity index (χ1n) is 11.9. The predicted octanol–water partition coefficient (Wildman–Crippen LogP) is 4.16. The summed E-state index contributed by atoms with van der Waals surface area (Å²) in [5.41, 5.74) is -0.231. The Morgan fingerprint density at radius 3 is 1.63 bits per heavy atom. The third kappa shape index (κ3) is 5.21. The highest BCUT2D eigenvalue weighted by Crippen LogP contribution is 2.39. The first-order valence-corrected chi connectivity index (χ1v) is 11.9. The topological polar surface area (TPSA) is 47.6 Å². The SMILES string of the molecule is CCN1C(C)(C)CC(NC(=O)C(C)(C)NC2CC(C)(C)N(C)C(C)(C)C2)CC1(C)C. The number of rotatable bonds is 5. The summed E-state index contributed by atoms with van der Waals surface area (Å²) in [5.74, 6) is 0.124. The van der Waals surface area contributed by atoms with E-state index in [1.807, 2.05) is 13.8 Å². The summed E-state index contributed by atoms with van der Waals surface area (Å²) in [6.07, 6.45) is 4.05. The van der Waals surface area contributed by atoms with Crippen LogP contribution >= 0.6 is 0 Å². The number of nitrogens with zero attached hydrogens (tertiary/aromatic N) is 2. The molecule has 2 aliphatic rings. The van der Waals surface area contributed by atoms with Gasteiger partial charge in [-0.2, -0.15) is 0 Å². The molecule has 0 spiro atoms. The summed E-state index contributed by atoms with van der Waals surface area (Å²) in [4.78, 5) is 18.4. The Morgan fingerprint density at radius 1 is 0.833 bits per heavy atom. The molecule has 0 radical (unpaired) electrons. The van der Waals surface area contributed by atoms with Gasteiger partial charge in [-0.05, 0) is 109 Å². The maximum atomic E-state index is 13.4. The summed E-state index contributed by atoms with van der Waals surface area (Å²) in [7, 11) is 2.22. The van der Waals surface area contributed by atoms with Crippen LogP contribution in [0.4, 0.5) is 0 Å². The van der Waals surface area contributed by atoms with Gasteiger partial charge in [0.2, 0.25) is 5.91 Å². The van der Waals surface area contributed by atoms with E-state index in [0.29, 0.717) is 6.04 Å². The van der Waals surface area contributed by atoms with Crippen molar-refractivity contribution < 1.29 is 4.79 Å². The van der Waals surface area contributed by atoms with Crippen molar-refractivity contribution in [3.8, 4) is 0 Å². The van der Waals surface area contributed by atoms with Gasteiger partial charge in [-0.1, -0.05) is 6.92 Å². The molecule has 0 unspecified atom stereocenters. The van der Waals surface area contributed by atoms with E-state index in [2.05, 4.69) is 89.8 Å². The van der Waals surface area contributed by atoms with Crippen LogP contribution in [0.1, 0.15) is 102 Å². The summed E-state index contributed by atoms with van der Waals surface area (Å²) < 4.78 is 0. The van der Waals surface area contributed by atoms with Gasteiger partial charge in [0, 0.05) is 34.2 Å². The van der Waals surface area contributed by atoms with Crippen LogP contribution in [0.25, 0.3) is 0 Å². The predicted molar refractivity (Wildman–Crippen MR) is 128 cm³/mol. The zero-order chi connectivity index (χ0) is 23.3. The van der Waals surface area contributed by atoms with Crippen molar-refractivity contribution in [3.63, 3.8) is 0 Å². The molecule has 0 aliphatic carbocycles. The lowest BCUT2D eigenvalue weighted by molar-refractivity contribution is -0.130. The smallest absolute Gasteiger partial charge is 0.239 e. The van der Waals surface area contributed by atoms with Crippen LogP contribution in [0.2, 0.25) is 0 Å². The van der Waals surface area contributed by atoms with E-state index < -0.39 is 5.54 Å². The van der Waals surface area contributed by atoms with Crippen molar-refractivity contribution in [1.82, 2.24) is 20.4 Å². The highest BCUT2D eigenvalue weighted by Gasteiger charge is 2.47. The molecule has 0 bridgehead atoms. The van der Waals surface area contributed by atoms with Crippen molar-refractivity contribution >= 4 is 5.91 Å². The molecule has 2 aliphatic heterocycles. The molecule has 5 nitrogen and oxygen atoms in total. The number of amides is 1. The van der Waals surface area contributed by atoms with Crippen LogP contribution in [0, 0.1) is 0 Å². The fourth-order valence-electron chi connectivity index (χ4n) is 6.69. The van der Waals surface area contributed by atoms with Crippen molar-refractivity contribution in [2.24, 2.45) is 0 Å². The summed E-state index contributed by atoms with van der Waals surface area (Å²) in [6, 6.07) is 0.526. The van der Waals surface area contributed by atoms with E-state index >= 15 is 0 Å². The Kier molecular flexibility index (Phi) is 6.87. The highest BCUT2D eigenvalue weighted by molar-refractivity contribution is 5.85. The molecule has 2 rings (SSSR count). The van der Waals surface area contributed by atoms with E-state index in [0.717, 1.165) is 32.2 Å². The fourth-order valence-corrected chi connectivity index (χ4v) is 6.69. The first-order chi connectivity index (χ1) is 13.3. The average Bonchev–Trinajstić information content (AvgIpc) is 2.49. The van der Waals surface area contributed by atoms with Crippen LogP contribution in [0.3, 0.4) is 0 Å². The van der Waals surface area contributed by atoms with E-state index in [9.17, 15) is 4.79 Å². The Balaban J connectivity index is 2.08. The normalized spacial score (nSPS) is 27.7. The standard InChI is InChI=1S/C25H50N4O/c1-13-29-23(6,7)14-18(15-24(29,8)9)26-20(30)25(10,11)27-19-16-21(2,3)28(12)22(4,5)17-19/h18-19,27H,13-17H2,1-12H3,(H,26,30). The van der Waals surface area contributed by atoms with Gasteiger partial charge in [0.05, 0.1) is 5.54 Å². The lowest BCUT2D eigenvalue weighted by Gasteiger charge is -2.56. The molecule has 30 heavy (non-hydrogen) atoms. The van der Waals surface area contributed by atoms with Gasteiger partial charge in [0.1, 0.15) is 0 Å². The summed E-state index contributed by atoms with van der Waals surface area (Å²) in [5, 5.41) is 7.14. The third-order valence-corrected chi connectivity index (χ3v) is 8.05. The Hall–Kier alpha value is -0.650. The minimum Gasteiger partial charge on any atom is -0.352 e. The third-order valence-electron chi connectivity index (χ3n) is 8.05. The summed E-state index contributed by atoms with van der Waals surface area (Å²) >= 11 is 0. The number of carbonyl (C=O) groups excluding carboxylic acids is 1. The molecule has 1 amide bonds. The number of piperidine rings is 2. The Morgan fingerprint density at radius 2 is 1.23 bits per heavy atom. The fraction of sp³-hybridized carbons (Fsp3) is 0.960. The lowest BCUT2D eigenvalue weighted by atomic mass is 9.76. The molecule has 2 fully saturated rings. The van der Waals surface area contributed by atoms with Gasteiger partial charge in [0.15, 0.2) is 0 Å². The number of carbonyl (C=O) groups is 1. The minimum absolute atomic E-state index is 0.0774. The Bertz CT molecular complexity index is 599. The first kappa shape index (κ1) is 25.6. The van der Waals surface area contributed by atoms with Gasteiger partial charge >= 0.3 is 0 Å². The van der Waals surface area contributed by atoms with Crippen molar-refractivity contribution in [2.75, 3.05) is 13.6 Å². The molecule has 2 N–H and O–H groups in total. The largest absolute Gasteiger partial charge is 0.352 e. The number of likely N-dealkylation sites (tertiary alicyclic amines) is 2. The van der Waals surface area contributed by atoms with E-state index in [4.69, 9.17) is 0 Å². The molecule has 0 aromatic carbocycles. The molecule has 176 valence electrons. The van der Waals surface area contributed by atoms with Gasteiger partial charge in [-0.25, -0.2) is 0 Å². The zero-order valence-corrected chi connectivity index (χ0v) is 22.0. The molecule has 0 atom stereocenters. The van der Waals surface area contributed by atoms with Crippen molar-refractivity contribution in [1.29, 1.82) is 0 Å². The molecule has 2 heterocycles. The van der Waals surface area contributed by atoms with Crippen LogP contribution in [-0.4, -0.2) is 69.1 Å². The van der Waals surface area contributed by atoms with Crippen LogP contribution < -0.4 is 10.6 Å². The van der Waals surface area contributed by atoms with Crippen LogP contribution in [-0.2, 0) is 4.79 Å². The monoisotopic (exact) mass is 422 g/mol. The molecule has 0 aromatic rings. The van der Waals surface area contributed by atoms with Gasteiger partial charge in [-0.15, -0.1) is 0 Å². The second kappa shape index (κ2) is 8.04. The highest BCUT2D eigenvalue weighted by atomic mass is 16.2. The second-order valence-electron chi connectivity index (χ2n) is 13.0. The quantitative estimate of drug-likeness (QED) is 0.698. The van der Waals surface area contributed by atoms with E-state index in [1.54, 1.807) is 0 Å². The van der Waals surface area contributed by atoms with E-state index in [-0.39, 0.29) is 34.1 Å². The molecule has 2 saturated heterocycles. The lowest BCUT2D eigenvalue weighted by Crippen LogP contribution is -2.68. The maximum absolute atomic E-state index is 13.4. The van der Waals surface area contributed by atoms with Crippen molar-refractivity contribution in [2.45, 2.75) is 142 Å². The molecule has 0 aromatic heterocycles. The van der Waals surface area contributed by atoms with E-state index in [1.165, 1.54) is 0 Å². The van der Waals surface area contributed by atoms with Gasteiger partial charge < -0.3 is 10.6 Å². The zero-order valence-electron chi connectivity index (χ0n) is 22.0. The van der Waals surface area contributed by atoms with Crippen LogP contribution in [0.15, 0.2) is 0 Å². The molecular weight excluding hydrogens is 372 g/mol. The van der Waals surface area contributed by atoms with Crippen molar-refractivity contribution in [3.05, 3.63) is 0 Å². The number of hydrogen-bond acceptors (Lipinski definition) is 4. The molecular formula is C25H50N4O. The van der Waals surface area contributed by atoms with Gasteiger partial charge in [-0.3, -0.25) is 14.6 Å². The maximum Gasteiger partial charge on any atom is 0.239 e. The number of hydrogen-bond donors (Lipinski definition) is 2. The second-order valence-corrected chi connectivity index (χ2v) is 13.0. The number of nitrogens with one attached hydrogen (secondary N) is 2. The molecule has 5 heteroatoms. The minimum atomic E-state index is -0.594. The van der Waals surface area contributed by atoms with Gasteiger partial charge in [0.25, 0.3) is 0 Å². The average molecular weight is 423 g/mol. The Labute approximate surface area is 186 Å². The van der Waals surface area contributed by atoms with Crippen LogP contribution in [0.5, 0.6) is 0 Å². The molecule has 0 saturated carbocycles.